The van der Waals surface area contributed by atoms with E-state index in [0.29, 0.717) is 28.0 Å². The summed E-state index contributed by atoms with van der Waals surface area (Å²) in [6, 6.07) is 3.85. The number of anilines is 2. The average Bonchev–Trinajstić information content (AvgIpc) is 3.79. The van der Waals surface area contributed by atoms with E-state index < -0.39 is 11.4 Å². The minimum absolute atomic E-state index is 0.129. The summed E-state index contributed by atoms with van der Waals surface area (Å²) in [7, 11) is 2.10. The van der Waals surface area contributed by atoms with Crippen LogP contribution in [0, 0.1) is 11.3 Å². The maximum absolute atomic E-state index is 12.9. The number of amides is 1. The molecule has 222 valence electrons. The average molecular weight is 600 g/mol. The van der Waals surface area contributed by atoms with Crippen LogP contribution in [-0.2, 0) is 18.3 Å². The summed E-state index contributed by atoms with van der Waals surface area (Å²) in [5, 5.41) is 18.0. The van der Waals surface area contributed by atoms with Gasteiger partial charge in [0.2, 0.25) is 5.88 Å². The first-order valence-electron chi connectivity index (χ1n) is 14.7. The summed E-state index contributed by atoms with van der Waals surface area (Å²) in [4.78, 5) is 29.8. The van der Waals surface area contributed by atoms with Gasteiger partial charge in [0.15, 0.2) is 17.3 Å². The van der Waals surface area contributed by atoms with Gasteiger partial charge in [-0.05, 0) is 77.4 Å². The van der Waals surface area contributed by atoms with Gasteiger partial charge in [-0.3, -0.25) is 14.8 Å². The Balaban J connectivity index is 1.30. The fraction of sp³-hybridized carbons (Fsp3) is 0.467. The number of nitrogen functional groups attached to an aromatic ring is 1. The summed E-state index contributed by atoms with van der Waals surface area (Å²) >= 11 is 1.51. The number of likely N-dealkylation sites (tertiary alicyclic amines) is 1. The van der Waals surface area contributed by atoms with Gasteiger partial charge in [-0.25, -0.2) is 14.8 Å². The number of thiophene rings is 1. The van der Waals surface area contributed by atoms with Crippen LogP contribution in [-0.4, -0.2) is 61.3 Å². The molecule has 3 aliphatic rings. The largest absolute Gasteiger partial charge is 0.473 e. The van der Waals surface area contributed by atoms with Gasteiger partial charge < -0.3 is 15.0 Å². The van der Waals surface area contributed by atoms with Crippen molar-refractivity contribution in [2.75, 3.05) is 24.6 Å². The molecule has 1 saturated heterocycles. The number of carbonyl (C=O) groups excluding carboxylic acids is 1. The molecule has 13 heteroatoms. The van der Waals surface area contributed by atoms with E-state index in [1.165, 1.54) is 28.4 Å². The quantitative estimate of drug-likeness (QED) is 0.328. The van der Waals surface area contributed by atoms with E-state index in [1.807, 2.05) is 6.92 Å². The standard InChI is InChI=1S/C30H33N9O3S/c1-17(20-7-5-12-38(20)2)41-23-14-22(35-29(40)39-13-11-33-16-39)34-28(36-23)25-18-6-3-9-30(26(18)42-37-25)10-4-8-21-24(30)19(15-31)27(32)43-21/h11,13-14,16-17,20H,3-10,12,32H2,1-2H3,(H,34,35,36,40)/t17-,20?,30-/m0/s1. The van der Waals surface area contributed by atoms with Crippen molar-refractivity contribution in [1.29, 1.82) is 5.26 Å². The Hall–Kier alpha value is -4.28. The Morgan fingerprint density at radius 2 is 2.14 bits per heavy atom. The van der Waals surface area contributed by atoms with Gasteiger partial charge in [0.05, 0.1) is 11.0 Å². The van der Waals surface area contributed by atoms with Crippen LogP contribution in [0.25, 0.3) is 11.5 Å². The maximum Gasteiger partial charge on any atom is 0.332 e. The van der Waals surface area contributed by atoms with Crippen molar-refractivity contribution in [2.45, 2.75) is 75.9 Å². The molecule has 3 atom stereocenters. The van der Waals surface area contributed by atoms with Gasteiger partial charge in [0, 0.05) is 34.9 Å². The molecular formula is C30H33N9O3S. The molecule has 2 aliphatic carbocycles. The lowest BCUT2D eigenvalue weighted by Gasteiger charge is -2.39. The third-order valence-corrected chi connectivity index (χ3v) is 10.3. The molecule has 43 heavy (non-hydrogen) atoms. The van der Waals surface area contributed by atoms with Gasteiger partial charge in [0.25, 0.3) is 0 Å². The molecule has 0 radical (unpaired) electrons. The van der Waals surface area contributed by atoms with E-state index >= 15 is 0 Å². The summed E-state index contributed by atoms with van der Waals surface area (Å²) < 4.78 is 13.9. The normalized spacial score (nSPS) is 22.1. The first-order chi connectivity index (χ1) is 20.9. The van der Waals surface area contributed by atoms with Crippen LogP contribution in [0.1, 0.15) is 72.8 Å². The zero-order valence-electron chi connectivity index (χ0n) is 24.2. The molecule has 0 saturated carbocycles. The number of aromatic nitrogens is 5. The van der Waals surface area contributed by atoms with E-state index in [9.17, 15) is 10.1 Å². The van der Waals surface area contributed by atoms with Crippen molar-refractivity contribution in [3.63, 3.8) is 0 Å². The lowest BCUT2D eigenvalue weighted by atomic mass is 9.63. The minimum Gasteiger partial charge on any atom is -0.473 e. The highest BCUT2D eigenvalue weighted by Gasteiger charge is 2.48. The number of aryl methyl sites for hydroxylation is 1. The summed E-state index contributed by atoms with van der Waals surface area (Å²) in [6.45, 7) is 3.07. The Morgan fingerprint density at radius 3 is 2.88 bits per heavy atom. The van der Waals surface area contributed by atoms with Crippen LogP contribution in [0.5, 0.6) is 5.88 Å². The van der Waals surface area contributed by atoms with Crippen LogP contribution in [0.15, 0.2) is 29.3 Å². The molecule has 1 aliphatic heterocycles. The molecule has 4 aromatic heterocycles. The Kier molecular flexibility index (Phi) is 6.90. The minimum atomic E-state index is -0.459. The van der Waals surface area contributed by atoms with Crippen molar-refractivity contribution in [1.82, 2.24) is 29.6 Å². The number of nitrogens with two attached hydrogens (primary N) is 1. The molecule has 7 rings (SSSR count). The molecule has 1 spiro atoms. The molecule has 3 N–H and O–H groups in total. The predicted octanol–water partition coefficient (Wildman–Crippen LogP) is 4.74. The fourth-order valence-electron chi connectivity index (χ4n) is 7.22. The molecule has 1 fully saturated rings. The van der Waals surface area contributed by atoms with Gasteiger partial charge >= 0.3 is 6.03 Å². The smallest absolute Gasteiger partial charge is 0.332 e. The number of carbonyl (C=O) groups is 1. The number of hydrogen-bond acceptors (Lipinski definition) is 11. The van der Waals surface area contributed by atoms with Crippen LogP contribution in [0.4, 0.5) is 15.6 Å². The summed E-state index contributed by atoms with van der Waals surface area (Å²) in [5.41, 5.74) is 8.88. The number of rotatable bonds is 5. The topological polar surface area (TPSA) is 161 Å². The van der Waals surface area contributed by atoms with E-state index in [-0.39, 0.29) is 18.0 Å². The van der Waals surface area contributed by atoms with E-state index in [0.717, 1.165) is 79.7 Å². The van der Waals surface area contributed by atoms with Crippen molar-refractivity contribution >= 4 is 28.2 Å². The van der Waals surface area contributed by atoms with E-state index in [4.69, 9.17) is 25.0 Å². The van der Waals surface area contributed by atoms with E-state index in [2.05, 4.69) is 33.5 Å². The lowest BCUT2D eigenvalue weighted by molar-refractivity contribution is 0.117. The highest BCUT2D eigenvalue weighted by atomic mass is 32.1. The number of fused-ring (bicyclic) bond motifs is 4. The van der Waals surface area contributed by atoms with Crippen molar-refractivity contribution in [2.24, 2.45) is 0 Å². The van der Waals surface area contributed by atoms with Crippen molar-refractivity contribution < 1.29 is 14.1 Å². The van der Waals surface area contributed by atoms with Crippen molar-refractivity contribution in [3.05, 3.63) is 52.1 Å². The molecule has 0 bridgehead atoms. The first kappa shape index (κ1) is 27.5. The van der Waals surface area contributed by atoms with Crippen LogP contribution < -0.4 is 15.8 Å². The SMILES string of the molecule is C[C@H](Oc1cc(NC(=O)n2ccnc2)nc(-c2noc3c2CCC[C@@]32CCCc3sc(N)c(C#N)c32)n1)C1CCCN1C. The van der Waals surface area contributed by atoms with E-state index in [1.54, 1.807) is 12.3 Å². The van der Waals surface area contributed by atoms with Gasteiger partial charge in [-0.1, -0.05) is 5.16 Å². The van der Waals surface area contributed by atoms with Crippen LogP contribution in [0.3, 0.4) is 0 Å². The molecule has 1 amide bonds. The second kappa shape index (κ2) is 10.8. The highest BCUT2D eigenvalue weighted by molar-refractivity contribution is 7.16. The third kappa shape index (κ3) is 4.65. The predicted molar refractivity (Wildman–Crippen MR) is 160 cm³/mol. The number of nitrogens with one attached hydrogen (secondary N) is 1. The third-order valence-electron chi connectivity index (χ3n) is 9.17. The summed E-state index contributed by atoms with van der Waals surface area (Å²) in [5.74, 6) is 1.71. The Labute approximate surface area is 252 Å². The summed E-state index contributed by atoms with van der Waals surface area (Å²) in [6.07, 6.45) is 11.8. The van der Waals surface area contributed by atoms with Crippen molar-refractivity contribution in [3.8, 4) is 23.5 Å². The number of ether oxygens (including phenoxy) is 1. The Bertz CT molecular complexity index is 1720. The highest BCUT2D eigenvalue weighted by Crippen LogP contribution is 2.55. The molecular weight excluding hydrogens is 566 g/mol. The number of likely N-dealkylation sites (N-methyl/N-ethyl adjacent to an activating group) is 1. The molecule has 1 unspecified atom stereocenters. The molecule has 5 heterocycles. The van der Waals surface area contributed by atoms with Gasteiger partial charge in [0.1, 0.15) is 29.3 Å². The second-order valence-corrected chi connectivity index (χ2v) is 12.8. The molecule has 12 nitrogen and oxygen atoms in total. The maximum atomic E-state index is 12.9. The van der Waals surface area contributed by atoms with Crippen LogP contribution in [0.2, 0.25) is 0 Å². The molecule has 4 aromatic rings. The number of nitrogens with zero attached hydrogens (tertiary/aromatic N) is 7. The van der Waals surface area contributed by atoms with Gasteiger partial charge in [-0.2, -0.15) is 10.2 Å². The monoisotopic (exact) mass is 599 g/mol. The van der Waals surface area contributed by atoms with Crippen LogP contribution >= 0.6 is 11.3 Å². The zero-order valence-corrected chi connectivity index (χ0v) is 25.0. The number of hydrogen-bond donors (Lipinski definition) is 2. The van der Waals surface area contributed by atoms with Gasteiger partial charge in [-0.15, -0.1) is 11.3 Å². The zero-order chi connectivity index (χ0) is 29.7. The number of nitriles is 1. The molecule has 0 aromatic carbocycles. The first-order valence-corrected chi connectivity index (χ1v) is 15.6. The second-order valence-electron chi connectivity index (χ2n) is 11.7. The Morgan fingerprint density at radius 1 is 1.30 bits per heavy atom. The number of imidazole rings is 1. The lowest BCUT2D eigenvalue weighted by Crippen LogP contribution is -2.38. The fourth-order valence-corrected chi connectivity index (χ4v) is 8.38.